The summed E-state index contributed by atoms with van der Waals surface area (Å²) in [6.45, 7) is 0. The first kappa shape index (κ1) is 11.7. The lowest BCUT2D eigenvalue weighted by atomic mass is 10.2. The normalized spacial score (nSPS) is 10.5. The number of esters is 1. The molecule has 1 aromatic heterocycles. The van der Waals surface area contributed by atoms with E-state index in [2.05, 4.69) is 9.72 Å². The van der Waals surface area contributed by atoms with E-state index in [0.717, 1.165) is 12.0 Å². The lowest BCUT2D eigenvalue weighted by Gasteiger charge is -1.98. The van der Waals surface area contributed by atoms with Crippen molar-refractivity contribution in [3.8, 4) is 0 Å². The molecule has 0 saturated heterocycles. The monoisotopic (exact) mass is 225 g/mol. The van der Waals surface area contributed by atoms with E-state index in [0.29, 0.717) is 11.6 Å². The Morgan fingerprint density at radius 1 is 1.60 bits per heavy atom. The van der Waals surface area contributed by atoms with Crippen LogP contribution in [0.2, 0.25) is 0 Å². The van der Waals surface area contributed by atoms with Gasteiger partial charge < -0.3 is 4.74 Å². The number of alkyl halides is 1. The topological polar surface area (TPSA) is 39.2 Å². The minimum Gasteiger partial charge on any atom is -0.464 e. The summed E-state index contributed by atoms with van der Waals surface area (Å²) in [5.41, 5.74) is 1.25. The summed E-state index contributed by atoms with van der Waals surface area (Å²) in [4.78, 5) is 15.0. The number of nitrogens with zero attached hydrogens (tertiary/aromatic N) is 1. The summed E-state index contributed by atoms with van der Waals surface area (Å²) in [5.74, 6) is 0.177. The molecule has 4 heteroatoms. The molecule has 1 heterocycles. The highest BCUT2D eigenvalue weighted by atomic mass is 35.5. The van der Waals surface area contributed by atoms with Crippen LogP contribution in [0.25, 0.3) is 6.08 Å². The molecular formula is C11H12ClNO2. The summed E-state index contributed by atoms with van der Waals surface area (Å²) >= 11 is 5.53. The van der Waals surface area contributed by atoms with E-state index in [4.69, 9.17) is 11.6 Å². The molecule has 0 aliphatic heterocycles. The maximum absolute atomic E-state index is 11.1. The van der Waals surface area contributed by atoms with Gasteiger partial charge in [-0.3, -0.25) is 0 Å². The van der Waals surface area contributed by atoms with Crippen molar-refractivity contribution in [3.63, 3.8) is 0 Å². The maximum atomic E-state index is 11.1. The number of aromatic nitrogens is 1. The van der Waals surface area contributed by atoms with Crippen molar-refractivity contribution < 1.29 is 9.53 Å². The van der Waals surface area contributed by atoms with E-state index in [1.54, 1.807) is 12.3 Å². The molecule has 0 aliphatic rings. The van der Waals surface area contributed by atoms with Crippen molar-refractivity contribution in [2.45, 2.75) is 6.42 Å². The molecule has 1 rings (SSSR count). The zero-order valence-corrected chi connectivity index (χ0v) is 9.20. The number of methoxy groups -OCH3 is 1. The summed E-state index contributed by atoms with van der Waals surface area (Å²) in [5, 5.41) is 0. The smallest absolute Gasteiger partial charge is 0.356 e. The Kier molecular flexibility index (Phi) is 4.84. The molecule has 0 saturated carbocycles. The Bertz CT molecular complexity index is 346. The lowest BCUT2D eigenvalue weighted by Crippen LogP contribution is -2.03. The molecule has 80 valence electrons. The number of rotatable bonds is 4. The van der Waals surface area contributed by atoms with Crippen LogP contribution in [0.1, 0.15) is 22.5 Å². The molecule has 0 fully saturated rings. The highest BCUT2D eigenvalue weighted by molar-refractivity contribution is 6.17. The van der Waals surface area contributed by atoms with Crippen LogP contribution in [0.4, 0.5) is 0 Å². The largest absolute Gasteiger partial charge is 0.464 e. The van der Waals surface area contributed by atoms with Gasteiger partial charge in [0.15, 0.2) is 0 Å². The Hall–Kier alpha value is -1.35. The van der Waals surface area contributed by atoms with Crippen LogP contribution < -0.4 is 0 Å². The Morgan fingerprint density at radius 2 is 2.40 bits per heavy atom. The number of ether oxygens (including phenoxy) is 1. The van der Waals surface area contributed by atoms with Gasteiger partial charge in [0.25, 0.3) is 0 Å². The van der Waals surface area contributed by atoms with Crippen LogP contribution in [-0.4, -0.2) is 23.9 Å². The van der Waals surface area contributed by atoms with Crippen LogP contribution >= 0.6 is 11.6 Å². The first-order chi connectivity index (χ1) is 7.27. The number of carbonyl (C=O) groups excluding carboxylic acids is 1. The molecule has 15 heavy (non-hydrogen) atoms. The van der Waals surface area contributed by atoms with Crippen molar-refractivity contribution in [1.82, 2.24) is 4.98 Å². The second kappa shape index (κ2) is 6.19. The number of pyridine rings is 1. The van der Waals surface area contributed by atoms with E-state index >= 15 is 0 Å². The highest BCUT2D eigenvalue weighted by Gasteiger charge is 2.04. The summed E-state index contributed by atoms with van der Waals surface area (Å²) in [7, 11) is 1.33. The van der Waals surface area contributed by atoms with E-state index in [1.807, 2.05) is 18.2 Å². The first-order valence-electron chi connectivity index (χ1n) is 4.55. The van der Waals surface area contributed by atoms with Crippen LogP contribution in [0.5, 0.6) is 0 Å². The van der Waals surface area contributed by atoms with Crippen molar-refractivity contribution in [3.05, 3.63) is 35.7 Å². The third kappa shape index (κ3) is 3.72. The van der Waals surface area contributed by atoms with Crippen molar-refractivity contribution in [1.29, 1.82) is 0 Å². The molecule has 1 aromatic rings. The van der Waals surface area contributed by atoms with Gasteiger partial charge in [0.05, 0.1) is 7.11 Å². The van der Waals surface area contributed by atoms with Gasteiger partial charge in [-0.1, -0.05) is 18.2 Å². The van der Waals surface area contributed by atoms with Gasteiger partial charge in [0.2, 0.25) is 0 Å². The molecule has 0 bridgehead atoms. The van der Waals surface area contributed by atoms with Gasteiger partial charge in [-0.2, -0.15) is 0 Å². The van der Waals surface area contributed by atoms with E-state index < -0.39 is 5.97 Å². The van der Waals surface area contributed by atoms with Gasteiger partial charge in [-0.15, -0.1) is 11.6 Å². The fourth-order valence-corrected chi connectivity index (χ4v) is 1.14. The Labute approximate surface area is 93.7 Å². The SMILES string of the molecule is COC(=O)c1ccc(C=CCCCl)cn1. The number of hydrogen-bond acceptors (Lipinski definition) is 3. The second-order valence-electron chi connectivity index (χ2n) is 2.85. The molecule has 0 aromatic carbocycles. The number of carbonyl (C=O) groups is 1. The molecular weight excluding hydrogens is 214 g/mol. The first-order valence-corrected chi connectivity index (χ1v) is 5.08. The predicted molar refractivity (Wildman–Crippen MR) is 59.9 cm³/mol. The Morgan fingerprint density at radius 3 is 2.93 bits per heavy atom. The molecule has 0 radical (unpaired) electrons. The zero-order valence-electron chi connectivity index (χ0n) is 8.44. The number of hydrogen-bond donors (Lipinski definition) is 0. The van der Waals surface area contributed by atoms with E-state index in [-0.39, 0.29) is 0 Å². The second-order valence-corrected chi connectivity index (χ2v) is 3.23. The molecule has 0 spiro atoms. The van der Waals surface area contributed by atoms with Crippen LogP contribution in [0.3, 0.4) is 0 Å². The quantitative estimate of drug-likeness (QED) is 0.584. The van der Waals surface area contributed by atoms with Gasteiger partial charge >= 0.3 is 5.97 Å². The molecule has 0 unspecified atom stereocenters. The van der Waals surface area contributed by atoms with Gasteiger partial charge in [-0.05, 0) is 18.1 Å². The third-order valence-electron chi connectivity index (χ3n) is 1.77. The summed E-state index contributed by atoms with van der Waals surface area (Å²) in [6, 6.07) is 3.44. The minimum absolute atomic E-state index is 0.312. The third-order valence-corrected chi connectivity index (χ3v) is 1.99. The Balaban J connectivity index is 2.68. The standard InChI is InChI=1S/C11H12ClNO2/c1-15-11(14)10-6-5-9(8-13-10)4-2-3-7-12/h2,4-6,8H,3,7H2,1H3. The predicted octanol–water partition coefficient (Wildman–Crippen LogP) is 2.51. The number of halogens is 1. The number of allylic oxidation sites excluding steroid dienone is 1. The highest BCUT2D eigenvalue weighted by Crippen LogP contribution is 2.04. The molecule has 3 nitrogen and oxygen atoms in total. The average molecular weight is 226 g/mol. The van der Waals surface area contributed by atoms with E-state index in [1.165, 1.54) is 7.11 Å². The average Bonchev–Trinajstić information content (AvgIpc) is 2.29. The zero-order chi connectivity index (χ0) is 11.1. The fourth-order valence-electron chi connectivity index (χ4n) is 1.01. The molecule has 0 N–H and O–H groups in total. The van der Waals surface area contributed by atoms with Crippen molar-refractivity contribution in [2.24, 2.45) is 0 Å². The molecule has 0 amide bonds. The van der Waals surface area contributed by atoms with Crippen molar-refractivity contribution in [2.75, 3.05) is 13.0 Å². The van der Waals surface area contributed by atoms with Gasteiger partial charge in [-0.25, -0.2) is 9.78 Å². The molecule has 0 atom stereocenters. The van der Waals surface area contributed by atoms with Crippen LogP contribution in [0, 0.1) is 0 Å². The summed E-state index contributed by atoms with van der Waals surface area (Å²) in [6.07, 6.45) is 6.32. The summed E-state index contributed by atoms with van der Waals surface area (Å²) < 4.78 is 4.54. The molecule has 0 aliphatic carbocycles. The fraction of sp³-hybridized carbons (Fsp3) is 0.273. The lowest BCUT2D eigenvalue weighted by molar-refractivity contribution is 0.0594. The van der Waals surface area contributed by atoms with Crippen LogP contribution in [-0.2, 0) is 4.74 Å². The van der Waals surface area contributed by atoms with Crippen LogP contribution in [0.15, 0.2) is 24.4 Å². The minimum atomic E-state index is -0.425. The van der Waals surface area contributed by atoms with Gasteiger partial charge in [0.1, 0.15) is 5.69 Å². The maximum Gasteiger partial charge on any atom is 0.356 e. The van der Waals surface area contributed by atoms with E-state index in [9.17, 15) is 4.79 Å². The van der Waals surface area contributed by atoms with Crippen molar-refractivity contribution >= 4 is 23.6 Å². The van der Waals surface area contributed by atoms with Gasteiger partial charge in [0, 0.05) is 12.1 Å².